The van der Waals surface area contributed by atoms with Gasteiger partial charge < -0.3 is 5.73 Å². The quantitative estimate of drug-likeness (QED) is 0.412. The van der Waals surface area contributed by atoms with Crippen LogP contribution in [-0.4, -0.2) is 0 Å². The summed E-state index contributed by atoms with van der Waals surface area (Å²) in [6.07, 6.45) is 0. The number of rotatable bonds is 1. The summed E-state index contributed by atoms with van der Waals surface area (Å²) in [5, 5.41) is 10.2. The molecule has 0 aliphatic rings. The lowest BCUT2D eigenvalue weighted by Gasteiger charge is -2.03. The Kier molecular flexibility index (Phi) is 2.56. The molecule has 12 heavy (non-hydrogen) atoms. The molecule has 1 rings (SSSR count). The third-order valence-corrected chi connectivity index (χ3v) is 2.12. The summed E-state index contributed by atoms with van der Waals surface area (Å²) in [5.41, 5.74) is 6.73. The van der Waals surface area contributed by atoms with Gasteiger partial charge in [0.1, 0.15) is 11.2 Å². The van der Waals surface area contributed by atoms with E-state index in [-0.39, 0.29) is 5.82 Å². The van der Waals surface area contributed by atoms with Crippen LogP contribution in [0.2, 0.25) is 0 Å². The lowest BCUT2D eigenvalue weighted by atomic mass is 10.2. The molecule has 2 nitrogen and oxygen atoms in total. The molecular weight excluding hydrogens is 175 g/mol. The van der Waals surface area contributed by atoms with Gasteiger partial charge in [0.2, 0.25) is 0 Å². The molecule has 0 aliphatic heterocycles. The van der Waals surface area contributed by atoms with E-state index >= 15 is 0 Å². The second kappa shape index (κ2) is 3.46. The summed E-state index contributed by atoms with van der Waals surface area (Å²) < 4.78 is 12.8. The topological polar surface area (TPSA) is 49.8 Å². The molecule has 0 bridgehead atoms. The second-order valence-corrected chi connectivity index (χ2v) is 3.15. The molecular formula is C8H7FN2S. The Balaban J connectivity index is 3.20. The Bertz CT molecular complexity index is 344. The van der Waals surface area contributed by atoms with Gasteiger partial charge in [0.05, 0.1) is 0 Å². The third-order valence-electron chi connectivity index (χ3n) is 1.47. The molecule has 1 aromatic carbocycles. The van der Waals surface area contributed by atoms with E-state index in [1.54, 1.807) is 6.92 Å². The maximum atomic E-state index is 12.8. The first-order valence-corrected chi connectivity index (χ1v) is 4.08. The van der Waals surface area contributed by atoms with Crippen LogP contribution in [0.4, 0.5) is 10.1 Å². The molecule has 4 heteroatoms. The van der Waals surface area contributed by atoms with Gasteiger partial charge in [-0.25, -0.2) is 4.39 Å². The van der Waals surface area contributed by atoms with Crippen LogP contribution < -0.4 is 5.73 Å². The van der Waals surface area contributed by atoms with Gasteiger partial charge >= 0.3 is 0 Å². The highest BCUT2D eigenvalue weighted by Crippen LogP contribution is 2.27. The van der Waals surface area contributed by atoms with Gasteiger partial charge in [0.15, 0.2) is 0 Å². The normalized spacial score (nSPS) is 9.42. The van der Waals surface area contributed by atoms with Gasteiger partial charge in [-0.2, -0.15) is 5.26 Å². The fourth-order valence-electron chi connectivity index (χ4n) is 0.857. The van der Waals surface area contributed by atoms with Gasteiger partial charge in [-0.05, 0) is 36.4 Å². The Morgan fingerprint density at radius 2 is 2.25 bits per heavy atom. The van der Waals surface area contributed by atoms with Gasteiger partial charge in [-0.3, -0.25) is 0 Å². The predicted molar refractivity (Wildman–Crippen MR) is 47.0 cm³/mol. The van der Waals surface area contributed by atoms with Crippen molar-refractivity contribution in [1.82, 2.24) is 0 Å². The lowest BCUT2D eigenvalue weighted by Crippen LogP contribution is -1.93. The molecule has 0 radical (unpaired) electrons. The van der Waals surface area contributed by atoms with Crippen molar-refractivity contribution in [3.63, 3.8) is 0 Å². The number of anilines is 1. The molecule has 0 fully saturated rings. The second-order valence-electron chi connectivity index (χ2n) is 2.33. The van der Waals surface area contributed by atoms with Crippen molar-refractivity contribution in [2.45, 2.75) is 11.8 Å². The van der Waals surface area contributed by atoms with E-state index in [0.29, 0.717) is 16.1 Å². The molecule has 2 N–H and O–H groups in total. The van der Waals surface area contributed by atoms with E-state index in [2.05, 4.69) is 0 Å². The number of nitrogen functional groups attached to an aromatic ring is 1. The highest BCUT2D eigenvalue weighted by molar-refractivity contribution is 8.03. The maximum absolute atomic E-state index is 12.8. The van der Waals surface area contributed by atoms with Gasteiger partial charge in [0.25, 0.3) is 0 Å². The van der Waals surface area contributed by atoms with Crippen molar-refractivity contribution >= 4 is 17.4 Å². The van der Waals surface area contributed by atoms with Crippen LogP contribution in [0.15, 0.2) is 17.0 Å². The van der Waals surface area contributed by atoms with Crippen LogP contribution in [0.25, 0.3) is 0 Å². The van der Waals surface area contributed by atoms with Crippen molar-refractivity contribution in [3.05, 3.63) is 23.5 Å². The van der Waals surface area contributed by atoms with Crippen LogP contribution in [0.1, 0.15) is 5.56 Å². The third kappa shape index (κ3) is 1.69. The van der Waals surface area contributed by atoms with Crippen LogP contribution in [0.3, 0.4) is 0 Å². The molecule has 0 saturated heterocycles. The van der Waals surface area contributed by atoms with E-state index < -0.39 is 0 Å². The zero-order valence-electron chi connectivity index (χ0n) is 6.47. The fourth-order valence-corrected chi connectivity index (χ4v) is 1.40. The van der Waals surface area contributed by atoms with Gasteiger partial charge in [0, 0.05) is 10.6 Å². The van der Waals surface area contributed by atoms with Crippen LogP contribution in [0.5, 0.6) is 0 Å². The molecule has 0 unspecified atom stereocenters. The Morgan fingerprint density at radius 3 is 2.83 bits per heavy atom. The van der Waals surface area contributed by atoms with Gasteiger partial charge in [-0.1, -0.05) is 0 Å². The van der Waals surface area contributed by atoms with E-state index in [9.17, 15) is 4.39 Å². The zero-order valence-corrected chi connectivity index (χ0v) is 7.28. The molecule has 62 valence electrons. The molecule has 0 aliphatic carbocycles. The number of halogens is 1. The Morgan fingerprint density at radius 1 is 1.58 bits per heavy atom. The van der Waals surface area contributed by atoms with Crippen LogP contribution in [0, 0.1) is 23.4 Å². The largest absolute Gasteiger partial charge is 0.398 e. The summed E-state index contributed by atoms with van der Waals surface area (Å²) >= 11 is 0.871. The van der Waals surface area contributed by atoms with Crippen molar-refractivity contribution in [2.24, 2.45) is 0 Å². The molecule has 0 spiro atoms. The van der Waals surface area contributed by atoms with Crippen LogP contribution >= 0.6 is 11.8 Å². The van der Waals surface area contributed by atoms with Crippen molar-refractivity contribution in [3.8, 4) is 5.40 Å². The molecule has 0 saturated carbocycles. The predicted octanol–water partition coefficient (Wildman–Crippen LogP) is 2.29. The first-order valence-electron chi connectivity index (χ1n) is 3.26. The fraction of sp³-hybridized carbons (Fsp3) is 0.125. The number of aryl methyl sites for hydroxylation is 1. The number of benzene rings is 1. The highest BCUT2D eigenvalue weighted by atomic mass is 32.2. The number of hydrogen-bond acceptors (Lipinski definition) is 3. The van der Waals surface area contributed by atoms with E-state index in [1.165, 1.54) is 12.1 Å². The Labute approximate surface area is 74.2 Å². The summed E-state index contributed by atoms with van der Waals surface area (Å²) in [6.45, 7) is 1.71. The SMILES string of the molecule is Cc1cc(F)cc(SC#N)c1N. The summed E-state index contributed by atoms with van der Waals surface area (Å²) in [5.74, 6) is -0.362. The summed E-state index contributed by atoms with van der Waals surface area (Å²) in [7, 11) is 0. The first kappa shape index (κ1) is 8.88. The van der Waals surface area contributed by atoms with Crippen molar-refractivity contribution in [2.75, 3.05) is 5.73 Å². The summed E-state index contributed by atoms with van der Waals surface area (Å²) in [6, 6.07) is 2.60. The standard InChI is InChI=1S/C8H7FN2S/c1-5-2-6(9)3-7(8(5)11)12-4-10/h2-3H,11H2,1H3. The average molecular weight is 182 g/mol. The minimum atomic E-state index is -0.362. The number of nitriles is 1. The number of nitrogens with two attached hydrogens (primary N) is 1. The van der Waals surface area contributed by atoms with E-state index in [4.69, 9.17) is 11.0 Å². The molecule has 0 aromatic heterocycles. The van der Waals surface area contributed by atoms with E-state index in [1.807, 2.05) is 5.40 Å². The molecule has 0 atom stereocenters. The number of thiocyanates is 1. The average Bonchev–Trinajstić information content (AvgIpc) is 2.00. The van der Waals surface area contributed by atoms with Crippen LogP contribution in [-0.2, 0) is 0 Å². The number of hydrogen-bond donors (Lipinski definition) is 1. The van der Waals surface area contributed by atoms with Gasteiger partial charge in [-0.15, -0.1) is 0 Å². The van der Waals surface area contributed by atoms with E-state index in [0.717, 1.165) is 11.8 Å². The highest BCUT2D eigenvalue weighted by Gasteiger charge is 2.04. The maximum Gasteiger partial charge on any atom is 0.138 e. The number of thioether (sulfide) groups is 1. The monoisotopic (exact) mass is 182 g/mol. The zero-order chi connectivity index (χ0) is 9.14. The summed E-state index contributed by atoms with van der Waals surface area (Å²) in [4.78, 5) is 0.481. The van der Waals surface area contributed by atoms with Crippen molar-refractivity contribution < 1.29 is 4.39 Å². The first-order chi connectivity index (χ1) is 5.65. The molecule has 0 amide bonds. The Hall–Kier alpha value is -1.21. The minimum absolute atomic E-state index is 0.362. The van der Waals surface area contributed by atoms with Crippen molar-refractivity contribution in [1.29, 1.82) is 5.26 Å². The number of nitrogens with zero attached hydrogens (tertiary/aromatic N) is 1. The molecule has 0 heterocycles. The smallest absolute Gasteiger partial charge is 0.138 e. The lowest BCUT2D eigenvalue weighted by molar-refractivity contribution is 0.623. The molecule has 1 aromatic rings. The minimum Gasteiger partial charge on any atom is -0.398 e.